The predicted octanol–water partition coefficient (Wildman–Crippen LogP) is 2.99. The van der Waals surface area contributed by atoms with Crippen LogP contribution in [0.15, 0.2) is 36.8 Å². The number of halogens is 3. The summed E-state index contributed by atoms with van der Waals surface area (Å²) in [6.45, 7) is 0.351. The van der Waals surface area contributed by atoms with Gasteiger partial charge in [0.1, 0.15) is 18.0 Å². The molecular weight excluding hydrogens is 295 g/mol. The van der Waals surface area contributed by atoms with Crippen molar-refractivity contribution in [1.82, 2.24) is 19.5 Å². The van der Waals surface area contributed by atoms with Gasteiger partial charge in [-0.1, -0.05) is 0 Å². The minimum atomic E-state index is -4.37. The van der Waals surface area contributed by atoms with Gasteiger partial charge in [0.05, 0.1) is 23.1 Å². The fourth-order valence-corrected chi connectivity index (χ4v) is 2.15. The van der Waals surface area contributed by atoms with Crippen LogP contribution in [0.4, 0.5) is 19.0 Å². The van der Waals surface area contributed by atoms with Crippen molar-refractivity contribution >= 4 is 16.9 Å². The van der Waals surface area contributed by atoms with Crippen molar-refractivity contribution in [3.8, 4) is 0 Å². The molecule has 0 aliphatic heterocycles. The van der Waals surface area contributed by atoms with Crippen molar-refractivity contribution in [3.05, 3.63) is 48.2 Å². The second-order valence-electron chi connectivity index (χ2n) is 4.74. The molecule has 1 N–H and O–H groups in total. The molecule has 0 spiro atoms. The molecule has 114 valence electrons. The number of hydrogen-bond acceptors (Lipinski definition) is 4. The smallest absolute Gasteiger partial charge is 0.363 e. The molecule has 0 unspecified atom stereocenters. The van der Waals surface area contributed by atoms with E-state index in [-0.39, 0.29) is 0 Å². The van der Waals surface area contributed by atoms with E-state index in [4.69, 9.17) is 0 Å². The summed E-state index contributed by atoms with van der Waals surface area (Å²) in [5, 5.41) is 3.05. The van der Waals surface area contributed by atoms with Crippen LogP contribution in [0, 0.1) is 0 Å². The molecule has 0 amide bonds. The van der Waals surface area contributed by atoms with Gasteiger partial charge in [0.15, 0.2) is 0 Å². The topological polar surface area (TPSA) is 55.6 Å². The second-order valence-corrected chi connectivity index (χ2v) is 4.74. The molecule has 0 atom stereocenters. The lowest BCUT2D eigenvalue weighted by molar-refractivity contribution is -0.137. The molecule has 0 radical (unpaired) electrons. The maximum atomic E-state index is 12.7. The summed E-state index contributed by atoms with van der Waals surface area (Å²) >= 11 is 0. The highest BCUT2D eigenvalue weighted by atomic mass is 19.4. The van der Waals surface area contributed by atoms with Gasteiger partial charge in [0, 0.05) is 13.2 Å². The molecule has 3 aromatic rings. The Balaban J connectivity index is 1.89. The highest BCUT2D eigenvalue weighted by molar-refractivity contribution is 5.77. The molecular formula is C14H12F3N5. The Labute approximate surface area is 123 Å². The Morgan fingerprint density at radius 1 is 1.23 bits per heavy atom. The Kier molecular flexibility index (Phi) is 3.44. The number of hydrogen-bond donors (Lipinski definition) is 1. The van der Waals surface area contributed by atoms with Crippen molar-refractivity contribution in [2.24, 2.45) is 7.05 Å². The number of rotatable bonds is 3. The van der Waals surface area contributed by atoms with E-state index in [0.29, 0.717) is 29.2 Å². The van der Waals surface area contributed by atoms with Crippen molar-refractivity contribution in [3.63, 3.8) is 0 Å². The molecule has 2 heterocycles. The lowest BCUT2D eigenvalue weighted by Crippen LogP contribution is -2.06. The van der Waals surface area contributed by atoms with Crippen LogP contribution in [-0.4, -0.2) is 19.5 Å². The highest BCUT2D eigenvalue weighted by Gasteiger charge is 2.30. The summed E-state index contributed by atoms with van der Waals surface area (Å²) in [6, 6.07) is 5.25. The minimum absolute atomic E-state index is 0.316. The molecule has 0 fully saturated rings. The monoisotopic (exact) mass is 307 g/mol. The van der Waals surface area contributed by atoms with Crippen LogP contribution < -0.4 is 5.32 Å². The second kappa shape index (κ2) is 5.28. The van der Waals surface area contributed by atoms with E-state index in [1.165, 1.54) is 12.4 Å². The van der Waals surface area contributed by atoms with Crippen LogP contribution in [0.1, 0.15) is 11.4 Å². The average Bonchev–Trinajstić information content (AvgIpc) is 2.81. The van der Waals surface area contributed by atoms with Crippen LogP contribution in [-0.2, 0) is 19.8 Å². The number of nitrogens with zero attached hydrogens (tertiary/aromatic N) is 4. The van der Waals surface area contributed by atoms with Crippen LogP contribution in [0.25, 0.3) is 11.0 Å². The van der Waals surface area contributed by atoms with Gasteiger partial charge in [-0.3, -0.25) is 0 Å². The molecule has 0 aliphatic rings. The van der Waals surface area contributed by atoms with E-state index in [0.717, 1.165) is 12.1 Å². The normalized spacial score (nSPS) is 11.8. The first-order chi connectivity index (χ1) is 10.4. The van der Waals surface area contributed by atoms with Gasteiger partial charge in [0.2, 0.25) is 0 Å². The Morgan fingerprint density at radius 2 is 2.05 bits per heavy atom. The van der Waals surface area contributed by atoms with E-state index in [9.17, 15) is 13.2 Å². The van der Waals surface area contributed by atoms with Crippen LogP contribution in [0.2, 0.25) is 0 Å². The summed E-state index contributed by atoms with van der Waals surface area (Å²) in [6.07, 6.45) is -1.36. The molecule has 1 aromatic carbocycles. The zero-order valence-corrected chi connectivity index (χ0v) is 11.6. The quantitative estimate of drug-likeness (QED) is 0.808. The van der Waals surface area contributed by atoms with E-state index in [1.807, 2.05) is 0 Å². The molecule has 0 bridgehead atoms. The van der Waals surface area contributed by atoms with Gasteiger partial charge in [-0.05, 0) is 24.3 Å². The van der Waals surface area contributed by atoms with Crippen molar-refractivity contribution in [2.75, 3.05) is 5.32 Å². The largest absolute Gasteiger partial charge is 0.416 e. The SMILES string of the molecule is Cn1c(CNc2ccncn2)nc2cc(C(F)(F)F)ccc21. The summed E-state index contributed by atoms with van der Waals surface area (Å²) in [4.78, 5) is 12.1. The Morgan fingerprint density at radius 3 is 2.73 bits per heavy atom. The van der Waals surface area contributed by atoms with Gasteiger partial charge < -0.3 is 9.88 Å². The molecule has 22 heavy (non-hydrogen) atoms. The number of nitrogens with one attached hydrogen (secondary N) is 1. The zero-order chi connectivity index (χ0) is 15.7. The fourth-order valence-electron chi connectivity index (χ4n) is 2.15. The van der Waals surface area contributed by atoms with E-state index >= 15 is 0 Å². The third-order valence-electron chi connectivity index (χ3n) is 3.31. The standard InChI is InChI=1S/C14H12F3N5/c1-22-11-3-2-9(14(15,16)17)6-10(11)21-13(22)7-19-12-4-5-18-8-20-12/h2-6,8H,7H2,1H3,(H,18,19,20). The molecule has 3 rings (SSSR count). The summed E-state index contributed by atoms with van der Waals surface area (Å²) in [7, 11) is 1.76. The van der Waals surface area contributed by atoms with Gasteiger partial charge in [-0.15, -0.1) is 0 Å². The number of anilines is 1. The zero-order valence-electron chi connectivity index (χ0n) is 11.6. The molecule has 5 nitrogen and oxygen atoms in total. The van der Waals surface area contributed by atoms with Crippen molar-refractivity contribution < 1.29 is 13.2 Å². The maximum absolute atomic E-state index is 12.7. The molecule has 8 heteroatoms. The first kappa shape index (κ1) is 14.3. The molecule has 0 aliphatic carbocycles. The first-order valence-electron chi connectivity index (χ1n) is 6.47. The van der Waals surface area contributed by atoms with Crippen molar-refractivity contribution in [2.45, 2.75) is 12.7 Å². The van der Waals surface area contributed by atoms with Crippen molar-refractivity contribution in [1.29, 1.82) is 0 Å². The molecule has 0 saturated heterocycles. The number of aryl methyl sites for hydroxylation is 1. The molecule has 2 aromatic heterocycles. The summed E-state index contributed by atoms with van der Waals surface area (Å²) in [5.74, 6) is 1.24. The number of aromatic nitrogens is 4. The number of alkyl halides is 3. The maximum Gasteiger partial charge on any atom is 0.416 e. The fraction of sp³-hybridized carbons (Fsp3) is 0.214. The van der Waals surface area contributed by atoms with E-state index < -0.39 is 11.7 Å². The third-order valence-corrected chi connectivity index (χ3v) is 3.31. The Hall–Kier alpha value is -2.64. The van der Waals surface area contributed by atoms with Gasteiger partial charge >= 0.3 is 6.18 Å². The lowest BCUT2D eigenvalue weighted by Gasteiger charge is -2.06. The lowest BCUT2D eigenvalue weighted by atomic mass is 10.2. The van der Waals surface area contributed by atoms with Gasteiger partial charge in [-0.2, -0.15) is 13.2 Å². The summed E-state index contributed by atoms with van der Waals surface area (Å²) in [5.41, 5.74) is 0.262. The van der Waals surface area contributed by atoms with E-state index in [1.54, 1.807) is 23.9 Å². The molecule has 0 saturated carbocycles. The number of imidazole rings is 1. The summed E-state index contributed by atoms with van der Waals surface area (Å²) < 4.78 is 39.9. The first-order valence-corrected chi connectivity index (χ1v) is 6.47. The Bertz CT molecular complexity index is 795. The van der Waals surface area contributed by atoms with Crippen LogP contribution in [0.3, 0.4) is 0 Å². The van der Waals surface area contributed by atoms with Crippen LogP contribution >= 0.6 is 0 Å². The van der Waals surface area contributed by atoms with Gasteiger partial charge in [0.25, 0.3) is 0 Å². The van der Waals surface area contributed by atoms with E-state index in [2.05, 4.69) is 20.3 Å². The van der Waals surface area contributed by atoms with Crippen LogP contribution in [0.5, 0.6) is 0 Å². The number of fused-ring (bicyclic) bond motifs is 1. The highest BCUT2D eigenvalue weighted by Crippen LogP contribution is 2.31. The third kappa shape index (κ3) is 2.72. The number of benzene rings is 1. The van der Waals surface area contributed by atoms with Gasteiger partial charge in [-0.25, -0.2) is 15.0 Å². The minimum Gasteiger partial charge on any atom is -0.363 e. The predicted molar refractivity (Wildman–Crippen MR) is 75.1 cm³/mol. The average molecular weight is 307 g/mol.